The molecule has 132 valence electrons. The standard InChI is InChI=1S/C18H26N2O4/c1-15(21)13-19-9-7-18(8-10-19)14-20(17(22)24-18)11-12-23-16-5-3-2-4-6-16/h2-6,15,21H,7-14H2,1H3/t15-/m1/s1. The summed E-state index contributed by atoms with van der Waals surface area (Å²) in [5, 5.41) is 9.49. The van der Waals surface area contributed by atoms with Gasteiger partial charge in [0.2, 0.25) is 0 Å². The SMILES string of the molecule is C[C@@H](O)CN1CCC2(CC1)CN(CCOc1ccccc1)C(=O)O2. The maximum Gasteiger partial charge on any atom is 0.410 e. The maximum absolute atomic E-state index is 12.1. The van der Waals surface area contributed by atoms with Crippen molar-refractivity contribution in [3.05, 3.63) is 30.3 Å². The number of piperidine rings is 1. The number of para-hydroxylation sites is 1. The topological polar surface area (TPSA) is 62.2 Å². The second-order valence-electron chi connectivity index (χ2n) is 6.78. The van der Waals surface area contributed by atoms with Crippen molar-refractivity contribution >= 4 is 6.09 Å². The van der Waals surface area contributed by atoms with Crippen molar-refractivity contribution in [3.8, 4) is 5.75 Å². The van der Waals surface area contributed by atoms with Gasteiger partial charge in [-0.1, -0.05) is 18.2 Å². The average Bonchev–Trinajstić information content (AvgIpc) is 2.86. The zero-order valence-electron chi connectivity index (χ0n) is 14.2. The maximum atomic E-state index is 12.1. The second kappa shape index (κ2) is 7.40. The molecule has 0 bridgehead atoms. The lowest BCUT2D eigenvalue weighted by Crippen LogP contribution is -2.48. The Morgan fingerprint density at radius 2 is 2.00 bits per heavy atom. The molecule has 1 spiro atoms. The molecule has 0 unspecified atom stereocenters. The van der Waals surface area contributed by atoms with E-state index in [4.69, 9.17) is 9.47 Å². The molecule has 6 nitrogen and oxygen atoms in total. The van der Waals surface area contributed by atoms with Crippen LogP contribution in [0.5, 0.6) is 5.75 Å². The Bertz CT molecular complexity index is 541. The number of amides is 1. The molecule has 6 heteroatoms. The molecule has 2 saturated heterocycles. The van der Waals surface area contributed by atoms with E-state index in [-0.39, 0.29) is 17.8 Å². The van der Waals surface area contributed by atoms with Crippen LogP contribution in [0.25, 0.3) is 0 Å². The van der Waals surface area contributed by atoms with E-state index in [1.807, 2.05) is 30.3 Å². The fourth-order valence-corrected chi connectivity index (χ4v) is 3.43. The fraction of sp³-hybridized carbons (Fsp3) is 0.611. The summed E-state index contributed by atoms with van der Waals surface area (Å²) < 4.78 is 11.4. The Balaban J connectivity index is 1.46. The van der Waals surface area contributed by atoms with Crippen LogP contribution in [0.2, 0.25) is 0 Å². The summed E-state index contributed by atoms with van der Waals surface area (Å²) in [6.45, 7) is 5.81. The lowest BCUT2D eigenvalue weighted by Gasteiger charge is -2.37. The first kappa shape index (κ1) is 17.0. The molecule has 1 aromatic carbocycles. The van der Waals surface area contributed by atoms with Crippen molar-refractivity contribution in [1.29, 1.82) is 0 Å². The lowest BCUT2D eigenvalue weighted by atomic mass is 9.91. The number of rotatable bonds is 6. The van der Waals surface area contributed by atoms with Gasteiger partial charge < -0.3 is 24.4 Å². The summed E-state index contributed by atoms with van der Waals surface area (Å²) in [4.78, 5) is 16.1. The van der Waals surface area contributed by atoms with Crippen LogP contribution in [0, 0.1) is 0 Å². The zero-order chi connectivity index (χ0) is 17.0. The van der Waals surface area contributed by atoms with E-state index in [9.17, 15) is 9.90 Å². The Morgan fingerprint density at radius 1 is 1.29 bits per heavy atom. The van der Waals surface area contributed by atoms with Gasteiger partial charge in [0.1, 0.15) is 18.0 Å². The number of β-amino-alcohol motifs (C(OH)–C–C–N with tert-alkyl or cyclic N) is 1. The molecule has 1 N–H and O–H groups in total. The third kappa shape index (κ3) is 4.19. The number of nitrogens with zero attached hydrogens (tertiary/aromatic N) is 2. The summed E-state index contributed by atoms with van der Waals surface area (Å²) in [5.41, 5.74) is -0.362. The molecule has 1 amide bonds. The molecule has 2 aliphatic heterocycles. The van der Waals surface area contributed by atoms with E-state index >= 15 is 0 Å². The van der Waals surface area contributed by atoms with Gasteiger partial charge in [0.15, 0.2) is 0 Å². The highest BCUT2D eigenvalue weighted by molar-refractivity contribution is 5.70. The van der Waals surface area contributed by atoms with Gasteiger partial charge in [0.05, 0.1) is 19.2 Å². The van der Waals surface area contributed by atoms with Gasteiger partial charge in [-0.15, -0.1) is 0 Å². The highest BCUT2D eigenvalue weighted by Gasteiger charge is 2.46. The normalized spacial score (nSPS) is 21.8. The van der Waals surface area contributed by atoms with Gasteiger partial charge in [-0.05, 0) is 19.1 Å². The quantitative estimate of drug-likeness (QED) is 0.858. The van der Waals surface area contributed by atoms with Crippen LogP contribution in [0.1, 0.15) is 19.8 Å². The van der Waals surface area contributed by atoms with E-state index in [2.05, 4.69) is 4.90 Å². The van der Waals surface area contributed by atoms with Crippen molar-refractivity contribution in [3.63, 3.8) is 0 Å². The molecule has 2 fully saturated rings. The predicted octanol–water partition coefficient (Wildman–Crippen LogP) is 1.73. The summed E-state index contributed by atoms with van der Waals surface area (Å²) in [6, 6.07) is 9.60. The largest absolute Gasteiger partial charge is 0.492 e. The predicted molar refractivity (Wildman–Crippen MR) is 90.1 cm³/mol. The number of benzene rings is 1. The molecule has 3 rings (SSSR count). The molecule has 1 aromatic rings. The van der Waals surface area contributed by atoms with Crippen LogP contribution in [0.15, 0.2) is 30.3 Å². The van der Waals surface area contributed by atoms with Gasteiger partial charge in [-0.3, -0.25) is 0 Å². The minimum atomic E-state index is -0.362. The third-order valence-electron chi connectivity index (χ3n) is 4.70. The molecule has 2 aliphatic rings. The van der Waals surface area contributed by atoms with E-state index in [0.717, 1.165) is 31.7 Å². The van der Waals surface area contributed by atoms with Crippen molar-refractivity contribution in [2.24, 2.45) is 0 Å². The second-order valence-corrected chi connectivity index (χ2v) is 6.78. The highest BCUT2D eigenvalue weighted by atomic mass is 16.6. The molecular formula is C18H26N2O4. The van der Waals surface area contributed by atoms with Crippen molar-refractivity contribution in [2.45, 2.75) is 31.5 Å². The summed E-state index contributed by atoms with van der Waals surface area (Å²) >= 11 is 0. The summed E-state index contributed by atoms with van der Waals surface area (Å²) in [7, 11) is 0. The van der Waals surface area contributed by atoms with Gasteiger partial charge in [-0.2, -0.15) is 0 Å². The number of hydrogen-bond donors (Lipinski definition) is 1. The minimum Gasteiger partial charge on any atom is -0.492 e. The van der Waals surface area contributed by atoms with Gasteiger partial charge in [0, 0.05) is 32.5 Å². The van der Waals surface area contributed by atoms with Gasteiger partial charge in [-0.25, -0.2) is 4.79 Å². The van der Waals surface area contributed by atoms with Crippen LogP contribution in [0.3, 0.4) is 0 Å². The number of carbonyl (C=O) groups is 1. The smallest absolute Gasteiger partial charge is 0.410 e. The number of likely N-dealkylation sites (tertiary alicyclic amines) is 1. The zero-order valence-corrected chi connectivity index (χ0v) is 14.2. The Hall–Kier alpha value is -1.79. The summed E-state index contributed by atoms with van der Waals surface area (Å²) in [6.07, 6.45) is 1.08. The highest BCUT2D eigenvalue weighted by Crippen LogP contribution is 2.33. The van der Waals surface area contributed by atoms with Crippen molar-refractivity contribution in [1.82, 2.24) is 9.80 Å². The molecule has 0 aliphatic carbocycles. The molecule has 0 saturated carbocycles. The van der Waals surface area contributed by atoms with Crippen LogP contribution < -0.4 is 4.74 Å². The van der Waals surface area contributed by atoms with E-state index in [1.165, 1.54) is 0 Å². The molecule has 2 heterocycles. The van der Waals surface area contributed by atoms with E-state index in [0.29, 0.717) is 26.2 Å². The molecule has 24 heavy (non-hydrogen) atoms. The molecule has 0 aromatic heterocycles. The summed E-state index contributed by atoms with van der Waals surface area (Å²) in [5.74, 6) is 0.811. The van der Waals surface area contributed by atoms with Crippen LogP contribution in [-0.2, 0) is 4.74 Å². The number of aliphatic hydroxyl groups excluding tert-OH is 1. The van der Waals surface area contributed by atoms with Gasteiger partial charge in [0.25, 0.3) is 0 Å². The Morgan fingerprint density at radius 3 is 2.67 bits per heavy atom. The van der Waals surface area contributed by atoms with Gasteiger partial charge >= 0.3 is 6.09 Å². The first-order chi connectivity index (χ1) is 11.6. The van der Waals surface area contributed by atoms with Crippen LogP contribution in [-0.4, -0.2) is 72.0 Å². The number of aliphatic hydroxyl groups is 1. The minimum absolute atomic E-state index is 0.240. The fourth-order valence-electron chi connectivity index (χ4n) is 3.43. The lowest BCUT2D eigenvalue weighted by molar-refractivity contribution is -0.00832. The monoisotopic (exact) mass is 334 g/mol. The van der Waals surface area contributed by atoms with Crippen LogP contribution >= 0.6 is 0 Å². The number of hydrogen-bond acceptors (Lipinski definition) is 5. The molecular weight excluding hydrogens is 308 g/mol. The van der Waals surface area contributed by atoms with E-state index < -0.39 is 0 Å². The Kier molecular flexibility index (Phi) is 5.26. The third-order valence-corrected chi connectivity index (χ3v) is 4.70. The number of carbonyl (C=O) groups excluding carboxylic acids is 1. The first-order valence-corrected chi connectivity index (χ1v) is 8.63. The average molecular weight is 334 g/mol. The van der Waals surface area contributed by atoms with E-state index in [1.54, 1.807) is 11.8 Å². The molecule has 0 radical (unpaired) electrons. The molecule has 1 atom stereocenters. The first-order valence-electron chi connectivity index (χ1n) is 8.63. The van der Waals surface area contributed by atoms with Crippen LogP contribution in [0.4, 0.5) is 4.79 Å². The van der Waals surface area contributed by atoms with Crippen molar-refractivity contribution in [2.75, 3.05) is 39.3 Å². The van der Waals surface area contributed by atoms with Crippen molar-refractivity contribution < 1.29 is 19.4 Å². The number of ether oxygens (including phenoxy) is 2. The Labute approximate surface area is 143 Å².